The highest BCUT2D eigenvalue weighted by Crippen LogP contribution is 2.41. The fourth-order valence-corrected chi connectivity index (χ4v) is 3.76. The van der Waals surface area contributed by atoms with Crippen molar-refractivity contribution in [1.82, 2.24) is 9.97 Å². The van der Waals surface area contributed by atoms with E-state index >= 15 is 0 Å². The van der Waals surface area contributed by atoms with E-state index in [1.807, 2.05) is 13.0 Å². The van der Waals surface area contributed by atoms with Crippen LogP contribution in [-0.2, 0) is 11.2 Å². The number of fused-ring (bicyclic) bond motifs is 5. The van der Waals surface area contributed by atoms with Gasteiger partial charge in [-0.15, -0.1) is 0 Å². The van der Waals surface area contributed by atoms with E-state index in [1.165, 1.54) is 12.7 Å². The lowest BCUT2D eigenvalue weighted by Gasteiger charge is -2.27. The molecule has 1 unspecified atom stereocenters. The van der Waals surface area contributed by atoms with E-state index in [2.05, 4.69) is 29.0 Å². The van der Waals surface area contributed by atoms with Crippen LogP contribution >= 0.6 is 0 Å². The third-order valence-electron chi connectivity index (χ3n) is 4.98. The Labute approximate surface area is 144 Å². The number of hydrogen-bond acceptors (Lipinski definition) is 4. The van der Waals surface area contributed by atoms with Crippen LogP contribution in [0.5, 0.6) is 0 Å². The lowest BCUT2D eigenvalue weighted by Crippen LogP contribution is -2.23. The number of nitrogens with one attached hydrogen (secondary N) is 1. The predicted molar refractivity (Wildman–Crippen MR) is 96.0 cm³/mol. The average molecular weight is 334 g/mol. The monoisotopic (exact) mass is 334 g/mol. The molecule has 0 bridgehead atoms. The number of carbonyl (C=O) groups is 1. The van der Waals surface area contributed by atoms with E-state index in [0.29, 0.717) is 0 Å². The Bertz CT molecular complexity index is 1080. The van der Waals surface area contributed by atoms with Crippen molar-refractivity contribution in [3.63, 3.8) is 0 Å². The highest BCUT2D eigenvalue weighted by molar-refractivity contribution is 5.94. The van der Waals surface area contributed by atoms with E-state index in [-0.39, 0.29) is 11.5 Å². The molecule has 5 nitrogen and oxygen atoms in total. The summed E-state index contributed by atoms with van der Waals surface area (Å²) in [5.41, 5.74) is 5.65. The van der Waals surface area contributed by atoms with E-state index in [0.717, 1.165) is 39.7 Å². The van der Waals surface area contributed by atoms with Crippen molar-refractivity contribution in [2.45, 2.75) is 26.2 Å². The number of aryl methyl sites for hydroxylation is 1. The van der Waals surface area contributed by atoms with Crippen LogP contribution in [0.1, 0.15) is 39.9 Å². The first-order valence-corrected chi connectivity index (χ1v) is 8.24. The van der Waals surface area contributed by atoms with Crippen LogP contribution in [0.2, 0.25) is 0 Å². The molecule has 1 aliphatic rings. The van der Waals surface area contributed by atoms with Gasteiger partial charge in [0.15, 0.2) is 0 Å². The Balaban J connectivity index is 2.05. The van der Waals surface area contributed by atoms with Gasteiger partial charge in [0.25, 0.3) is 5.56 Å². The number of aromatic amines is 1. The topological polar surface area (TPSA) is 72.1 Å². The molecule has 1 aromatic carbocycles. The lowest BCUT2D eigenvalue weighted by molar-refractivity contribution is 0.0598. The average Bonchev–Trinajstić information content (AvgIpc) is 2.62. The molecule has 0 amide bonds. The van der Waals surface area contributed by atoms with Crippen LogP contribution in [-0.4, -0.2) is 23.0 Å². The second-order valence-corrected chi connectivity index (χ2v) is 6.56. The SMILES string of the molecule is COC(=O)c1cc2c([nH]c1=O)-c1cc(C)c3ncccc3c1CC2C. The Kier molecular flexibility index (Phi) is 3.46. The molecule has 0 spiro atoms. The molecule has 1 atom stereocenters. The Hall–Kier alpha value is -2.95. The van der Waals surface area contributed by atoms with Gasteiger partial charge in [-0.25, -0.2) is 4.79 Å². The van der Waals surface area contributed by atoms with Gasteiger partial charge in [-0.05, 0) is 54.2 Å². The molecule has 0 saturated carbocycles. The largest absolute Gasteiger partial charge is 0.465 e. The summed E-state index contributed by atoms with van der Waals surface area (Å²) in [5.74, 6) is -0.435. The van der Waals surface area contributed by atoms with Gasteiger partial charge in [-0.1, -0.05) is 13.0 Å². The van der Waals surface area contributed by atoms with Crippen molar-refractivity contribution in [3.8, 4) is 11.3 Å². The molecule has 5 heteroatoms. The quantitative estimate of drug-likeness (QED) is 0.693. The van der Waals surface area contributed by atoms with Gasteiger partial charge < -0.3 is 9.72 Å². The van der Waals surface area contributed by atoms with Crippen LogP contribution in [0.4, 0.5) is 0 Å². The smallest absolute Gasteiger partial charge is 0.343 e. The number of ether oxygens (including phenoxy) is 1. The number of pyridine rings is 2. The minimum Gasteiger partial charge on any atom is -0.465 e. The molecule has 2 aromatic heterocycles. The lowest BCUT2D eigenvalue weighted by atomic mass is 9.79. The van der Waals surface area contributed by atoms with Crippen LogP contribution in [0.25, 0.3) is 22.2 Å². The molecule has 25 heavy (non-hydrogen) atoms. The summed E-state index contributed by atoms with van der Waals surface area (Å²) in [7, 11) is 1.28. The van der Waals surface area contributed by atoms with Crippen molar-refractivity contribution in [2.24, 2.45) is 0 Å². The molecule has 0 radical (unpaired) electrons. The number of esters is 1. The normalized spacial score (nSPS) is 15.6. The summed E-state index contributed by atoms with van der Waals surface area (Å²) >= 11 is 0. The fraction of sp³-hybridized carbons (Fsp3) is 0.250. The molecule has 2 heterocycles. The first kappa shape index (κ1) is 15.6. The zero-order valence-electron chi connectivity index (χ0n) is 14.3. The Morgan fingerprint density at radius 3 is 2.92 bits per heavy atom. The molecular weight excluding hydrogens is 316 g/mol. The van der Waals surface area contributed by atoms with Crippen molar-refractivity contribution >= 4 is 16.9 Å². The number of nitrogens with zero attached hydrogens (tertiary/aromatic N) is 1. The number of aromatic nitrogens is 2. The summed E-state index contributed by atoms with van der Waals surface area (Å²) in [6, 6.07) is 7.76. The number of hydrogen-bond donors (Lipinski definition) is 1. The van der Waals surface area contributed by atoms with Gasteiger partial charge >= 0.3 is 5.97 Å². The minimum atomic E-state index is -0.610. The first-order valence-electron chi connectivity index (χ1n) is 8.24. The van der Waals surface area contributed by atoms with Gasteiger partial charge in [-0.2, -0.15) is 0 Å². The standard InChI is InChI=1S/C20H18N2O3/c1-10-7-14-12-5-4-6-21-17(12)11(2)8-15(14)18-13(10)9-16(19(23)22-18)20(24)25-3/h4-6,8-10H,7H2,1-3H3,(H,22,23). The highest BCUT2D eigenvalue weighted by Gasteiger charge is 2.27. The first-order chi connectivity index (χ1) is 12.0. The maximum Gasteiger partial charge on any atom is 0.343 e. The molecule has 1 aliphatic carbocycles. The van der Waals surface area contributed by atoms with E-state index in [4.69, 9.17) is 4.74 Å². The van der Waals surface area contributed by atoms with Gasteiger partial charge in [0.2, 0.25) is 0 Å². The summed E-state index contributed by atoms with van der Waals surface area (Å²) < 4.78 is 4.72. The summed E-state index contributed by atoms with van der Waals surface area (Å²) in [4.78, 5) is 31.7. The summed E-state index contributed by atoms with van der Waals surface area (Å²) in [5, 5.41) is 1.12. The number of benzene rings is 1. The Morgan fingerprint density at radius 1 is 1.36 bits per heavy atom. The second kappa shape index (κ2) is 5.55. The van der Waals surface area contributed by atoms with Crippen LogP contribution in [0, 0.1) is 6.92 Å². The maximum absolute atomic E-state index is 12.4. The number of methoxy groups -OCH3 is 1. The van der Waals surface area contributed by atoms with E-state index in [1.54, 1.807) is 12.3 Å². The van der Waals surface area contributed by atoms with Gasteiger partial charge in [-0.3, -0.25) is 9.78 Å². The van der Waals surface area contributed by atoms with Crippen LogP contribution in [0.15, 0.2) is 35.3 Å². The Morgan fingerprint density at radius 2 is 2.16 bits per heavy atom. The van der Waals surface area contributed by atoms with Crippen LogP contribution < -0.4 is 5.56 Å². The van der Waals surface area contributed by atoms with E-state index < -0.39 is 11.5 Å². The fourth-order valence-electron chi connectivity index (χ4n) is 3.76. The molecule has 0 fully saturated rings. The molecule has 1 N–H and O–H groups in total. The van der Waals surface area contributed by atoms with Crippen molar-refractivity contribution in [1.29, 1.82) is 0 Å². The van der Waals surface area contributed by atoms with Crippen LogP contribution in [0.3, 0.4) is 0 Å². The van der Waals surface area contributed by atoms with Gasteiger partial charge in [0, 0.05) is 17.1 Å². The third kappa shape index (κ3) is 2.27. The molecule has 0 saturated heterocycles. The highest BCUT2D eigenvalue weighted by atomic mass is 16.5. The summed E-state index contributed by atoms with van der Waals surface area (Å²) in [6.07, 6.45) is 2.63. The maximum atomic E-state index is 12.4. The zero-order valence-corrected chi connectivity index (χ0v) is 14.3. The van der Waals surface area contributed by atoms with Crippen molar-refractivity contribution in [2.75, 3.05) is 7.11 Å². The number of H-pyrrole nitrogens is 1. The predicted octanol–water partition coefficient (Wildman–Crippen LogP) is 3.34. The van der Waals surface area contributed by atoms with Gasteiger partial charge in [0.05, 0.1) is 18.3 Å². The molecule has 4 rings (SSSR count). The van der Waals surface area contributed by atoms with Crippen molar-refractivity contribution in [3.05, 3.63) is 63.1 Å². The van der Waals surface area contributed by atoms with Crippen molar-refractivity contribution < 1.29 is 9.53 Å². The third-order valence-corrected chi connectivity index (χ3v) is 4.98. The molecule has 3 aromatic rings. The second-order valence-electron chi connectivity index (χ2n) is 6.56. The van der Waals surface area contributed by atoms with Gasteiger partial charge in [0.1, 0.15) is 5.56 Å². The molecule has 0 aliphatic heterocycles. The number of carbonyl (C=O) groups excluding carboxylic acids is 1. The molecular formula is C20H18N2O3. The van der Waals surface area contributed by atoms with E-state index in [9.17, 15) is 9.59 Å². The summed E-state index contributed by atoms with van der Waals surface area (Å²) in [6.45, 7) is 4.12. The minimum absolute atomic E-state index is 0.0516. The number of rotatable bonds is 1. The zero-order chi connectivity index (χ0) is 17.7. The molecule has 126 valence electrons.